The molecule has 2 aliphatic rings. The summed E-state index contributed by atoms with van der Waals surface area (Å²) in [5.41, 5.74) is 2.48. The van der Waals surface area contributed by atoms with Gasteiger partial charge in [0.1, 0.15) is 30.4 Å². The van der Waals surface area contributed by atoms with Crippen molar-refractivity contribution >= 4 is 17.0 Å². The molecule has 31 heavy (non-hydrogen) atoms. The molecule has 0 saturated carbocycles. The van der Waals surface area contributed by atoms with E-state index in [2.05, 4.69) is 15.3 Å². The largest absolute Gasteiger partial charge is 0.490 e. The minimum Gasteiger partial charge on any atom is -0.490 e. The Hall–Kier alpha value is -3.27. The van der Waals surface area contributed by atoms with Crippen molar-refractivity contribution in [1.82, 2.24) is 25.1 Å². The van der Waals surface area contributed by atoms with Crippen LogP contribution in [0.15, 0.2) is 30.6 Å². The molecule has 162 valence electrons. The Morgan fingerprint density at radius 3 is 3.00 bits per heavy atom. The van der Waals surface area contributed by atoms with Crippen LogP contribution in [0.4, 0.5) is 9.18 Å². The highest BCUT2D eigenvalue weighted by atomic mass is 19.1. The number of hydrogen-bond donors (Lipinski definition) is 1. The summed E-state index contributed by atoms with van der Waals surface area (Å²) in [5.74, 6) is 0.502. The van der Waals surface area contributed by atoms with E-state index in [0.717, 1.165) is 30.2 Å². The Kier molecular flexibility index (Phi) is 5.37. The smallest absolute Gasteiger partial charge is 0.407 e. The van der Waals surface area contributed by atoms with Crippen LogP contribution in [0.1, 0.15) is 31.2 Å². The van der Waals surface area contributed by atoms with Gasteiger partial charge in [-0.3, -0.25) is 4.98 Å². The fourth-order valence-corrected chi connectivity index (χ4v) is 3.76. The third-order valence-corrected chi connectivity index (χ3v) is 5.28. The van der Waals surface area contributed by atoms with Crippen molar-refractivity contribution in [3.63, 3.8) is 0 Å². The van der Waals surface area contributed by atoms with Crippen molar-refractivity contribution in [2.24, 2.45) is 0 Å². The number of hydrogen-bond acceptors (Lipinski definition) is 7. The van der Waals surface area contributed by atoms with E-state index < -0.39 is 12.3 Å². The third kappa shape index (κ3) is 4.15. The van der Waals surface area contributed by atoms with Crippen LogP contribution in [0.25, 0.3) is 22.3 Å². The van der Waals surface area contributed by atoms with E-state index in [1.54, 1.807) is 12.3 Å². The Labute approximate surface area is 177 Å². The molecule has 0 aliphatic carbocycles. The molecule has 4 bridgehead atoms. The highest BCUT2D eigenvalue weighted by Gasteiger charge is 2.23. The number of nitrogens with zero attached hydrogens (tertiary/aromatic N) is 4. The molecule has 0 radical (unpaired) electrons. The summed E-state index contributed by atoms with van der Waals surface area (Å²) < 4.78 is 32.7. The third-order valence-electron chi connectivity index (χ3n) is 5.28. The summed E-state index contributed by atoms with van der Waals surface area (Å²) in [4.78, 5) is 20.6. The molecule has 1 aromatic carbocycles. The molecular weight excluding hydrogens is 405 g/mol. The highest BCUT2D eigenvalue weighted by molar-refractivity contribution is 5.93. The van der Waals surface area contributed by atoms with Crippen LogP contribution >= 0.6 is 0 Å². The molecule has 2 atom stereocenters. The second-order valence-corrected chi connectivity index (χ2v) is 7.55. The zero-order valence-corrected chi connectivity index (χ0v) is 16.8. The topological polar surface area (TPSA) is 100 Å². The zero-order valence-electron chi connectivity index (χ0n) is 16.8. The molecule has 4 heterocycles. The fourth-order valence-electron chi connectivity index (χ4n) is 3.76. The van der Waals surface area contributed by atoms with Gasteiger partial charge in [0.05, 0.1) is 30.1 Å². The van der Waals surface area contributed by atoms with Crippen LogP contribution in [-0.2, 0) is 16.1 Å². The number of rotatable bonds is 1. The standard InChI is InChI=1S/C21H22FN5O4/c22-13-8-24-21(28)31-12-14-9-23-10-17(25-14)20-16-7-15(30-11-13)4-5-18(16)27(26-20)19-3-1-2-6-29-19/h4-5,7,9-10,13,19H,1-3,6,8,11-12H2,(H,24,28). The SMILES string of the molecule is O=C1NCC(F)COc2ccc3c(c2)c(nn3C2CCCCO2)-c2cncc(n2)CO1. The van der Waals surface area contributed by atoms with E-state index in [9.17, 15) is 9.18 Å². The first kappa shape index (κ1) is 19.7. The van der Waals surface area contributed by atoms with Crippen LogP contribution in [-0.4, -0.2) is 51.8 Å². The normalized spacial score (nSPS) is 22.2. The van der Waals surface area contributed by atoms with Gasteiger partial charge < -0.3 is 19.5 Å². The van der Waals surface area contributed by atoms with Crippen molar-refractivity contribution < 1.29 is 23.4 Å². The van der Waals surface area contributed by atoms with Gasteiger partial charge in [-0.25, -0.2) is 18.9 Å². The van der Waals surface area contributed by atoms with Crippen LogP contribution < -0.4 is 10.1 Å². The van der Waals surface area contributed by atoms with E-state index in [1.165, 1.54) is 6.20 Å². The maximum atomic E-state index is 14.2. The quantitative estimate of drug-likeness (QED) is 0.637. The molecule has 5 rings (SSSR count). The van der Waals surface area contributed by atoms with Crippen LogP contribution in [0.5, 0.6) is 5.75 Å². The molecule has 1 amide bonds. The molecule has 1 fully saturated rings. The monoisotopic (exact) mass is 427 g/mol. The Bertz CT molecular complexity index is 1100. The van der Waals surface area contributed by atoms with Gasteiger partial charge in [0.25, 0.3) is 0 Å². The zero-order chi connectivity index (χ0) is 21.2. The Balaban J connectivity index is 1.61. The van der Waals surface area contributed by atoms with Gasteiger partial charge in [-0.05, 0) is 37.5 Å². The maximum absolute atomic E-state index is 14.2. The van der Waals surface area contributed by atoms with E-state index in [-0.39, 0.29) is 26.0 Å². The Morgan fingerprint density at radius 1 is 1.19 bits per heavy atom. The minimum absolute atomic E-state index is 0.0875. The summed E-state index contributed by atoms with van der Waals surface area (Å²) in [7, 11) is 0. The molecule has 3 aromatic rings. The number of carbonyl (C=O) groups is 1. The molecule has 2 unspecified atom stereocenters. The lowest BCUT2D eigenvalue weighted by Crippen LogP contribution is -2.33. The molecule has 9 nitrogen and oxygen atoms in total. The average Bonchev–Trinajstić information content (AvgIpc) is 3.19. The lowest BCUT2D eigenvalue weighted by molar-refractivity contribution is -0.0365. The van der Waals surface area contributed by atoms with Gasteiger partial charge in [-0.1, -0.05) is 0 Å². The fraction of sp³-hybridized carbons (Fsp3) is 0.429. The van der Waals surface area contributed by atoms with Crippen LogP contribution in [0.2, 0.25) is 0 Å². The number of ether oxygens (including phenoxy) is 3. The maximum Gasteiger partial charge on any atom is 0.407 e. The second-order valence-electron chi connectivity index (χ2n) is 7.55. The number of nitrogens with one attached hydrogen (secondary N) is 1. The summed E-state index contributed by atoms with van der Waals surface area (Å²) in [5, 5.41) is 7.99. The van der Waals surface area contributed by atoms with E-state index in [0.29, 0.717) is 29.4 Å². The van der Waals surface area contributed by atoms with Gasteiger partial charge in [0, 0.05) is 12.0 Å². The molecule has 1 N–H and O–H groups in total. The molecule has 2 aliphatic heterocycles. The number of fused-ring (bicyclic) bond motifs is 4. The average molecular weight is 427 g/mol. The number of amides is 1. The first-order chi connectivity index (χ1) is 15.2. The number of cyclic esters (lactones) is 1. The number of halogens is 1. The van der Waals surface area contributed by atoms with Gasteiger partial charge in [-0.15, -0.1) is 0 Å². The molecule has 10 heteroatoms. The Morgan fingerprint density at radius 2 is 2.13 bits per heavy atom. The number of alkyl carbamates (subject to hydrolysis) is 1. The van der Waals surface area contributed by atoms with Gasteiger partial charge in [0.2, 0.25) is 0 Å². The van der Waals surface area contributed by atoms with E-state index in [4.69, 9.17) is 19.3 Å². The number of alkyl halides is 1. The summed E-state index contributed by atoms with van der Waals surface area (Å²) in [6, 6.07) is 5.50. The molecule has 0 spiro atoms. The molecule has 2 aromatic heterocycles. The lowest BCUT2D eigenvalue weighted by atomic mass is 10.1. The number of carbonyl (C=O) groups excluding carboxylic acids is 1. The van der Waals surface area contributed by atoms with Gasteiger partial charge in [0.15, 0.2) is 12.4 Å². The first-order valence-electron chi connectivity index (χ1n) is 10.3. The van der Waals surface area contributed by atoms with Crippen molar-refractivity contribution in [2.45, 2.75) is 38.3 Å². The summed E-state index contributed by atoms with van der Waals surface area (Å²) in [6.45, 7) is 0.189. The van der Waals surface area contributed by atoms with E-state index in [1.807, 2.05) is 16.8 Å². The highest BCUT2D eigenvalue weighted by Crippen LogP contribution is 2.34. The summed E-state index contributed by atoms with van der Waals surface area (Å²) >= 11 is 0. The van der Waals surface area contributed by atoms with Crippen molar-refractivity contribution in [3.8, 4) is 17.1 Å². The van der Waals surface area contributed by atoms with Gasteiger partial charge in [-0.2, -0.15) is 5.10 Å². The first-order valence-corrected chi connectivity index (χ1v) is 10.3. The van der Waals surface area contributed by atoms with Crippen molar-refractivity contribution in [1.29, 1.82) is 0 Å². The molecule has 1 saturated heterocycles. The minimum atomic E-state index is -1.38. The lowest BCUT2D eigenvalue weighted by Gasteiger charge is -2.23. The van der Waals surface area contributed by atoms with Crippen LogP contribution in [0, 0.1) is 0 Å². The predicted molar refractivity (Wildman–Crippen MR) is 108 cm³/mol. The van der Waals surface area contributed by atoms with Crippen LogP contribution in [0.3, 0.4) is 0 Å². The molecular formula is C21H22FN5O4. The predicted octanol–water partition coefficient (Wildman–Crippen LogP) is 3.15. The van der Waals surface area contributed by atoms with E-state index >= 15 is 0 Å². The number of benzene rings is 1. The second kappa shape index (κ2) is 8.46. The van der Waals surface area contributed by atoms with Crippen molar-refractivity contribution in [2.75, 3.05) is 19.8 Å². The number of aromatic nitrogens is 4. The van der Waals surface area contributed by atoms with Crippen molar-refractivity contribution in [3.05, 3.63) is 36.3 Å². The summed E-state index contributed by atoms with van der Waals surface area (Å²) in [6.07, 6.45) is 3.82. The van der Waals surface area contributed by atoms with Gasteiger partial charge >= 0.3 is 6.09 Å².